The fourth-order valence-electron chi connectivity index (χ4n) is 1.34. The Kier molecular flexibility index (Phi) is 2.84. The normalized spacial score (nSPS) is 34.3. The minimum atomic E-state index is -0.912. The molecule has 0 aromatic heterocycles. The molecular formula is C8H13FN2. The number of nitrogens with zero attached hydrogens (tertiary/aromatic N) is 2. The Morgan fingerprint density at radius 2 is 2.09 bits per heavy atom. The van der Waals surface area contributed by atoms with Crippen LogP contribution in [0.4, 0.5) is 4.39 Å². The molecular weight excluding hydrogens is 143 g/mol. The number of halogens is 1. The fourth-order valence-corrected chi connectivity index (χ4v) is 1.34. The van der Waals surface area contributed by atoms with Gasteiger partial charge in [0.15, 0.2) is 0 Å². The van der Waals surface area contributed by atoms with Crippen LogP contribution >= 0.6 is 0 Å². The van der Waals surface area contributed by atoms with Crippen molar-refractivity contribution in [2.24, 2.45) is 5.92 Å². The van der Waals surface area contributed by atoms with Gasteiger partial charge in [-0.2, -0.15) is 5.26 Å². The highest BCUT2D eigenvalue weighted by atomic mass is 19.1. The van der Waals surface area contributed by atoms with Crippen molar-refractivity contribution in [1.82, 2.24) is 4.90 Å². The van der Waals surface area contributed by atoms with Crippen LogP contribution in [0.3, 0.4) is 0 Å². The van der Waals surface area contributed by atoms with Gasteiger partial charge in [0.1, 0.15) is 6.17 Å². The van der Waals surface area contributed by atoms with Crippen molar-refractivity contribution in [3.8, 4) is 6.07 Å². The molecule has 0 saturated carbocycles. The highest BCUT2D eigenvalue weighted by Gasteiger charge is 2.24. The summed E-state index contributed by atoms with van der Waals surface area (Å²) in [6.07, 6.45) is 0.271. The summed E-state index contributed by atoms with van der Waals surface area (Å²) < 4.78 is 13.0. The average Bonchev–Trinajstić information content (AvgIpc) is 2.15. The molecule has 1 aliphatic heterocycles. The van der Waals surface area contributed by atoms with Gasteiger partial charge in [-0.15, -0.1) is 0 Å². The molecule has 0 bridgehead atoms. The molecule has 0 amide bonds. The van der Waals surface area contributed by atoms with E-state index in [-0.39, 0.29) is 5.92 Å². The first kappa shape index (κ1) is 8.48. The van der Waals surface area contributed by atoms with Gasteiger partial charge in [0.25, 0.3) is 0 Å². The van der Waals surface area contributed by atoms with Crippen molar-refractivity contribution < 1.29 is 4.39 Å². The van der Waals surface area contributed by atoms with Crippen molar-refractivity contribution in [1.29, 1.82) is 5.26 Å². The molecule has 2 atom stereocenters. The molecule has 1 rings (SSSR count). The van der Waals surface area contributed by atoms with Gasteiger partial charge in [0.2, 0.25) is 0 Å². The molecule has 1 aliphatic rings. The number of hydrogen-bond acceptors (Lipinski definition) is 2. The summed E-state index contributed by atoms with van der Waals surface area (Å²) in [5.41, 5.74) is 0. The second-order valence-electron chi connectivity index (χ2n) is 3.13. The Bertz CT molecular complexity index is 164. The predicted molar refractivity (Wildman–Crippen MR) is 40.7 cm³/mol. The molecule has 0 N–H and O–H groups in total. The van der Waals surface area contributed by atoms with Crippen molar-refractivity contribution >= 4 is 0 Å². The summed E-state index contributed by atoms with van der Waals surface area (Å²) in [4.78, 5) is 2.07. The lowest BCUT2D eigenvalue weighted by Gasteiger charge is -2.10. The molecule has 1 fully saturated rings. The third kappa shape index (κ3) is 2.16. The summed E-state index contributed by atoms with van der Waals surface area (Å²) in [5.74, 6) is -0.375. The van der Waals surface area contributed by atoms with Crippen LogP contribution < -0.4 is 0 Å². The van der Waals surface area contributed by atoms with Crippen molar-refractivity contribution in [3.05, 3.63) is 0 Å². The minimum absolute atomic E-state index is 0.375. The summed E-state index contributed by atoms with van der Waals surface area (Å²) in [6, 6.07) is 2.01. The maximum absolute atomic E-state index is 13.0. The number of likely N-dealkylation sites (tertiary alicyclic amines) is 1. The average molecular weight is 156 g/mol. The molecule has 0 aliphatic carbocycles. The van der Waals surface area contributed by atoms with Gasteiger partial charge in [0, 0.05) is 6.54 Å². The van der Waals surface area contributed by atoms with Crippen LogP contribution in [0.25, 0.3) is 0 Å². The van der Waals surface area contributed by atoms with E-state index in [1.54, 1.807) is 0 Å². The molecule has 2 nitrogen and oxygen atoms in total. The topological polar surface area (TPSA) is 27.0 Å². The molecule has 0 unspecified atom stereocenters. The minimum Gasteiger partial charge on any atom is -0.306 e. The zero-order chi connectivity index (χ0) is 8.27. The first-order valence-corrected chi connectivity index (χ1v) is 3.96. The van der Waals surface area contributed by atoms with E-state index < -0.39 is 6.17 Å². The van der Waals surface area contributed by atoms with Crippen LogP contribution in [-0.4, -0.2) is 31.2 Å². The molecule has 0 spiro atoms. The van der Waals surface area contributed by atoms with Gasteiger partial charge in [-0.25, -0.2) is 4.39 Å². The van der Waals surface area contributed by atoms with E-state index in [9.17, 15) is 4.39 Å². The van der Waals surface area contributed by atoms with E-state index in [4.69, 9.17) is 5.26 Å². The predicted octanol–water partition coefficient (Wildman–Crippen LogP) is 1.19. The van der Waals surface area contributed by atoms with Gasteiger partial charge in [-0.3, -0.25) is 0 Å². The SMILES string of the molecule is CN1CC[C@@H](F)[C@H](C#N)CC1. The molecule has 11 heavy (non-hydrogen) atoms. The van der Waals surface area contributed by atoms with Crippen LogP contribution in [-0.2, 0) is 0 Å². The number of hydrogen-bond donors (Lipinski definition) is 0. The first-order chi connectivity index (χ1) is 5.24. The van der Waals surface area contributed by atoms with Crippen LogP contribution in [0.15, 0.2) is 0 Å². The summed E-state index contributed by atoms with van der Waals surface area (Å²) >= 11 is 0. The largest absolute Gasteiger partial charge is 0.306 e. The van der Waals surface area contributed by atoms with E-state index >= 15 is 0 Å². The zero-order valence-electron chi connectivity index (χ0n) is 6.76. The molecule has 0 aromatic rings. The number of alkyl halides is 1. The number of rotatable bonds is 0. The van der Waals surface area contributed by atoms with E-state index in [0.717, 1.165) is 13.1 Å². The van der Waals surface area contributed by atoms with E-state index in [2.05, 4.69) is 4.90 Å². The molecule has 1 saturated heterocycles. The maximum atomic E-state index is 13.0. The van der Waals surface area contributed by atoms with Crippen LogP contribution in [0.1, 0.15) is 12.8 Å². The van der Waals surface area contributed by atoms with Crippen LogP contribution in [0, 0.1) is 17.2 Å². The lowest BCUT2D eigenvalue weighted by atomic mass is 10.0. The Balaban J connectivity index is 2.50. The molecule has 0 aromatic carbocycles. The third-order valence-electron chi connectivity index (χ3n) is 2.21. The van der Waals surface area contributed by atoms with E-state index in [1.165, 1.54) is 0 Å². The Hall–Kier alpha value is -0.620. The molecule has 1 heterocycles. The smallest absolute Gasteiger partial charge is 0.117 e. The molecule has 62 valence electrons. The van der Waals surface area contributed by atoms with E-state index in [0.29, 0.717) is 12.8 Å². The van der Waals surface area contributed by atoms with Gasteiger partial charge < -0.3 is 4.90 Å². The van der Waals surface area contributed by atoms with Crippen LogP contribution in [0.2, 0.25) is 0 Å². The monoisotopic (exact) mass is 156 g/mol. The summed E-state index contributed by atoms with van der Waals surface area (Å²) in [5, 5.41) is 8.56. The van der Waals surface area contributed by atoms with Gasteiger partial charge in [-0.1, -0.05) is 0 Å². The lowest BCUT2D eigenvalue weighted by molar-refractivity contribution is 0.256. The van der Waals surface area contributed by atoms with Gasteiger partial charge in [-0.05, 0) is 26.4 Å². The second-order valence-corrected chi connectivity index (χ2v) is 3.13. The highest BCUT2D eigenvalue weighted by molar-refractivity contribution is 4.90. The van der Waals surface area contributed by atoms with Crippen LogP contribution in [0.5, 0.6) is 0 Å². The highest BCUT2D eigenvalue weighted by Crippen LogP contribution is 2.19. The molecule has 3 heteroatoms. The Morgan fingerprint density at radius 3 is 2.73 bits per heavy atom. The second kappa shape index (κ2) is 3.68. The maximum Gasteiger partial charge on any atom is 0.117 e. The van der Waals surface area contributed by atoms with Gasteiger partial charge in [0.05, 0.1) is 12.0 Å². The lowest BCUT2D eigenvalue weighted by Crippen LogP contribution is -2.18. The Labute approximate surface area is 66.6 Å². The summed E-state index contributed by atoms with van der Waals surface area (Å²) in [7, 11) is 1.96. The van der Waals surface area contributed by atoms with Gasteiger partial charge >= 0.3 is 0 Å². The number of nitriles is 1. The first-order valence-electron chi connectivity index (χ1n) is 3.96. The van der Waals surface area contributed by atoms with Crippen molar-refractivity contribution in [2.75, 3.05) is 20.1 Å². The van der Waals surface area contributed by atoms with Crippen molar-refractivity contribution in [2.45, 2.75) is 19.0 Å². The fraction of sp³-hybridized carbons (Fsp3) is 0.875. The third-order valence-corrected chi connectivity index (χ3v) is 2.21. The zero-order valence-corrected chi connectivity index (χ0v) is 6.76. The Morgan fingerprint density at radius 1 is 1.45 bits per heavy atom. The quantitative estimate of drug-likeness (QED) is 0.526. The standard InChI is InChI=1S/C8H13FN2/c1-11-4-2-7(6-10)8(9)3-5-11/h7-8H,2-5H2,1H3/t7-,8+/m0/s1. The molecule has 0 radical (unpaired) electrons. The van der Waals surface area contributed by atoms with Crippen molar-refractivity contribution in [3.63, 3.8) is 0 Å². The summed E-state index contributed by atoms with van der Waals surface area (Å²) in [6.45, 7) is 1.62. The van der Waals surface area contributed by atoms with E-state index in [1.807, 2.05) is 13.1 Å².